The number of likely N-dealkylation sites (N-methyl/N-ethyl adjacent to an activating group) is 1. The number of thioether (sulfide) groups is 1. The Morgan fingerprint density at radius 2 is 1.94 bits per heavy atom. The van der Waals surface area contributed by atoms with Crippen LogP contribution in [-0.2, 0) is 14.3 Å². The Kier molecular flexibility index (Phi) is 6.07. The zero-order valence-corrected chi connectivity index (χ0v) is 11.1. The monoisotopic (exact) mass is 269 g/mol. The van der Waals surface area contributed by atoms with E-state index in [1.807, 2.05) is 24.3 Å². The van der Waals surface area contributed by atoms with E-state index in [0.717, 1.165) is 10.6 Å². The molecule has 0 aliphatic heterocycles. The van der Waals surface area contributed by atoms with Gasteiger partial charge in [0.15, 0.2) is 6.61 Å². The van der Waals surface area contributed by atoms with E-state index in [2.05, 4.69) is 5.32 Å². The number of amides is 1. The topological polar surface area (TPSA) is 64.6 Å². The maximum Gasteiger partial charge on any atom is 0.316 e. The molecule has 6 heteroatoms. The summed E-state index contributed by atoms with van der Waals surface area (Å²) in [7, 11) is 3.08. The van der Waals surface area contributed by atoms with Gasteiger partial charge in [0, 0.05) is 11.9 Å². The van der Waals surface area contributed by atoms with Crippen molar-refractivity contribution in [3.05, 3.63) is 24.3 Å². The van der Waals surface area contributed by atoms with Crippen LogP contribution < -0.4 is 10.1 Å². The fraction of sp³-hybridized carbons (Fsp3) is 0.333. The van der Waals surface area contributed by atoms with Gasteiger partial charge in [0.25, 0.3) is 5.91 Å². The average Bonchev–Trinajstić information content (AvgIpc) is 2.42. The lowest BCUT2D eigenvalue weighted by molar-refractivity contribution is -0.145. The van der Waals surface area contributed by atoms with Gasteiger partial charge in [-0.3, -0.25) is 9.59 Å². The average molecular weight is 269 g/mol. The van der Waals surface area contributed by atoms with E-state index >= 15 is 0 Å². The number of ether oxygens (including phenoxy) is 2. The third-order valence-corrected chi connectivity index (χ3v) is 3.04. The van der Waals surface area contributed by atoms with Crippen LogP contribution in [0.4, 0.5) is 0 Å². The Balaban J connectivity index is 2.31. The van der Waals surface area contributed by atoms with Crippen LogP contribution in [0, 0.1) is 0 Å². The van der Waals surface area contributed by atoms with Gasteiger partial charge in [0.2, 0.25) is 0 Å². The third kappa shape index (κ3) is 5.09. The minimum absolute atomic E-state index is 0.170. The summed E-state index contributed by atoms with van der Waals surface area (Å²) in [5, 5.41) is 2.37. The Labute approximate surface area is 110 Å². The zero-order valence-electron chi connectivity index (χ0n) is 10.3. The first-order valence-electron chi connectivity index (χ1n) is 5.28. The molecule has 0 saturated heterocycles. The normalized spacial score (nSPS) is 9.67. The number of nitrogens with one attached hydrogen (secondary N) is 1. The van der Waals surface area contributed by atoms with E-state index in [0.29, 0.717) is 0 Å². The molecule has 18 heavy (non-hydrogen) atoms. The molecule has 0 spiro atoms. The number of rotatable bonds is 6. The lowest BCUT2D eigenvalue weighted by Crippen LogP contribution is -2.25. The molecule has 1 rings (SSSR count). The Morgan fingerprint density at radius 3 is 2.50 bits per heavy atom. The highest BCUT2D eigenvalue weighted by Gasteiger charge is 2.07. The van der Waals surface area contributed by atoms with E-state index in [-0.39, 0.29) is 18.3 Å². The molecule has 0 aliphatic carbocycles. The van der Waals surface area contributed by atoms with Crippen LogP contribution in [-0.4, -0.2) is 38.4 Å². The van der Waals surface area contributed by atoms with Crippen molar-refractivity contribution < 1.29 is 19.1 Å². The summed E-state index contributed by atoms with van der Waals surface area (Å²) in [5.74, 6) is 0.197. The summed E-state index contributed by atoms with van der Waals surface area (Å²) in [6, 6.07) is 7.35. The van der Waals surface area contributed by atoms with Gasteiger partial charge in [0.05, 0.1) is 12.9 Å². The lowest BCUT2D eigenvalue weighted by Gasteiger charge is -2.04. The van der Waals surface area contributed by atoms with Gasteiger partial charge in [0.1, 0.15) is 5.75 Å². The summed E-state index contributed by atoms with van der Waals surface area (Å²) in [5.41, 5.74) is 0. The summed E-state index contributed by atoms with van der Waals surface area (Å²) < 4.78 is 9.79. The van der Waals surface area contributed by atoms with Crippen molar-refractivity contribution >= 4 is 23.6 Å². The molecule has 0 atom stereocenters. The Morgan fingerprint density at radius 1 is 1.28 bits per heavy atom. The van der Waals surface area contributed by atoms with Crippen molar-refractivity contribution in [2.75, 3.05) is 26.5 Å². The molecule has 0 unspecified atom stereocenters. The van der Waals surface area contributed by atoms with E-state index in [9.17, 15) is 9.59 Å². The number of carbonyl (C=O) groups is 2. The molecule has 1 aromatic carbocycles. The molecule has 0 saturated carbocycles. The molecule has 0 aliphatic rings. The van der Waals surface area contributed by atoms with E-state index in [1.165, 1.54) is 18.8 Å². The zero-order chi connectivity index (χ0) is 13.4. The first kappa shape index (κ1) is 14.4. The van der Waals surface area contributed by atoms with Crippen LogP contribution in [0.1, 0.15) is 0 Å². The van der Waals surface area contributed by atoms with Crippen molar-refractivity contribution in [2.24, 2.45) is 0 Å². The standard InChI is InChI=1S/C12H15NO4S/c1-13-11(14)7-17-12(15)8-18-10-5-3-9(16-2)4-6-10/h3-6H,7-8H2,1-2H3,(H,13,14). The Bertz CT molecular complexity index is 405. The van der Waals surface area contributed by atoms with Crippen LogP contribution in [0.25, 0.3) is 0 Å². The van der Waals surface area contributed by atoms with Crippen molar-refractivity contribution in [2.45, 2.75) is 4.90 Å². The number of esters is 1. The number of hydrogen-bond acceptors (Lipinski definition) is 5. The largest absolute Gasteiger partial charge is 0.497 e. The fourth-order valence-corrected chi connectivity index (χ4v) is 1.77. The van der Waals surface area contributed by atoms with Gasteiger partial charge < -0.3 is 14.8 Å². The molecule has 98 valence electrons. The summed E-state index contributed by atoms with van der Waals surface area (Å²) in [4.78, 5) is 23.1. The first-order valence-corrected chi connectivity index (χ1v) is 6.27. The van der Waals surface area contributed by atoms with Crippen molar-refractivity contribution in [3.63, 3.8) is 0 Å². The second-order valence-corrected chi connectivity index (χ2v) is 4.35. The maximum atomic E-state index is 11.3. The minimum Gasteiger partial charge on any atom is -0.497 e. The highest BCUT2D eigenvalue weighted by atomic mass is 32.2. The molecule has 0 bridgehead atoms. The molecule has 1 aromatic rings. The van der Waals surface area contributed by atoms with Crippen LogP contribution in [0.2, 0.25) is 0 Å². The van der Waals surface area contributed by atoms with Crippen molar-refractivity contribution in [1.82, 2.24) is 5.32 Å². The second-order valence-electron chi connectivity index (χ2n) is 3.30. The first-order chi connectivity index (χ1) is 8.65. The second kappa shape index (κ2) is 7.60. The number of methoxy groups -OCH3 is 1. The highest BCUT2D eigenvalue weighted by molar-refractivity contribution is 8.00. The lowest BCUT2D eigenvalue weighted by atomic mass is 10.3. The fourth-order valence-electron chi connectivity index (χ4n) is 1.07. The number of benzene rings is 1. The van der Waals surface area contributed by atoms with Crippen molar-refractivity contribution in [3.8, 4) is 5.75 Å². The molecular weight excluding hydrogens is 254 g/mol. The number of hydrogen-bond donors (Lipinski definition) is 1. The van der Waals surface area contributed by atoms with Gasteiger partial charge in [-0.25, -0.2) is 0 Å². The molecule has 0 fully saturated rings. The van der Waals surface area contributed by atoms with Gasteiger partial charge >= 0.3 is 5.97 Å². The quantitative estimate of drug-likeness (QED) is 0.618. The van der Waals surface area contributed by atoms with Crippen molar-refractivity contribution in [1.29, 1.82) is 0 Å². The Hall–Kier alpha value is -1.69. The van der Waals surface area contributed by atoms with E-state index < -0.39 is 5.97 Å². The SMILES string of the molecule is CNC(=O)COC(=O)CSc1ccc(OC)cc1. The number of carbonyl (C=O) groups excluding carboxylic acids is 2. The molecule has 0 heterocycles. The minimum atomic E-state index is -0.417. The molecular formula is C12H15NO4S. The maximum absolute atomic E-state index is 11.3. The van der Waals surface area contributed by atoms with E-state index in [1.54, 1.807) is 7.11 Å². The van der Waals surface area contributed by atoms with Gasteiger partial charge in [-0.05, 0) is 24.3 Å². The molecule has 0 aromatic heterocycles. The van der Waals surface area contributed by atoms with Crippen LogP contribution in [0.15, 0.2) is 29.2 Å². The summed E-state index contributed by atoms with van der Waals surface area (Å²) >= 11 is 1.35. The van der Waals surface area contributed by atoms with Gasteiger partial charge in [-0.1, -0.05) is 0 Å². The van der Waals surface area contributed by atoms with Gasteiger partial charge in [-0.2, -0.15) is 0 Å². The molecule has 5 nitrogen and oxygen atoms in total. The van der Waals surface area contributed by atoms with Crippen LogP contribution >= 0.6 is 11.8 Å². The third-order valence-electron chi connectivity index (χ3n) is 2.06. The summed E-state index contributed by atoms with van der Waals surface area (Å²) in [6.07, 6.45) is 0. The molecule has 0 radical (unpaired) electrons. The van der Waals surface area contributed by atoms with Crippen LogP contribution in [0.3, 0.4) is 0 Å². The van der Waals surface area contributed by atoms with Crippen LogP contribution in [0.5, 0.6) is 5.75 Å². The predicted molar refractivity (Wildman–Crippen MR) is 68.7 cm³/mol. The highest BCUT2D eigenvalue weighted by Crippen LogP contribution is 2.21. The summed E-state index contributed by atoms with van der Waals surface area (Å²) in [6.45, 7) is -0.238. The molecule has 1 N–H and O–H groups in total. The van der Waals surface area contributed by atoms with E-state index in [4.69, 9.17) is 9.47 Å². The molecule has 1 amide bonds. The van der Waals surface area contributed by atoms with Gasteiger partial charge in [-0.15, -0.1) is 11.8 Å². The predicted octanol–water partition coefficient (Wildman–Crippen LogP) is 1.08. The smallest absolute Gasteiger partial charge is 0.316 e.